The maximum Gasteiger partial charge on any atom is 0.283 e. The number of rotatable bonds is 1. The third-order valence-corrected chi connectivity index (χ3v) is 5.26. The van der Waals surface area contributed by atoms with Crippen LogP contribution >= 0.6 is 0 Å². The Bertz CT molecular complexity index is 861. The Kier molecular flexibility index (Phi) is 3.21. The Morgan fingerprint density at radius 1 is 1.12 bits per heavy atom. The fraction of sp³-hybridized carbons (Fsp3) is 0.368. The lowest BCUT2D eigenvalue weighted by Gasteiger charge is -2.34. The van der Waals surface area contributed by atoms with Gasteiger partial charge < -0.3 is 19.9 Å². The molecule has 6 nitrogen and oxygen atoms in total. The van der Waals surface area contributed by atoms with Gasteiger partial charge in [0.15, 0.2) is 11.3 Å². The number of benzene rings is 1. The summed E-state index contributed by atoms with van der Waals surface area (Å²) in [5, 5.41) is 0. The first-order chi connectivity index (χ1) is 12.3. The van der Waals surface area contributed by atoms with Crippen LogP contribution in [0, 0.1) is 0 Å². The van der Waals surface area contributed by atoms with Gasteiger partial charge in [-0.2, -0.15) is 0 Å². The van der Waals surface area contributed by atoms with Crippen molar-refractivity contribution in [3.8, 4) is 11.5 Å². The van der Waals surface area contributed by atoms with Gasteiger partial charge in [0.25, 0.3) is 6.02 Å². The van der Waals surface area contributed by atoms with Crippen LogP contribution in [-0.2, 0) is 15.0 Å². The molecule has 3 aliphatic rings. The number of ether oxygens (including phenoxy) is 3. The Labute approximate surface area is 145 Å². The Morgan fingerprint density at radius 2 is 1.96 bits per heavy atom. The zero-order valence-corrected chi connectivity index (χ0v) is 13.8. The van der Waals surface area contributed by atoms with Crippen molar-refractivity contribution >= 4 is 6.02 Å². The first-order valence-electron chi connectivity index (χ1n) is 8.60. The topological polar surface area (TPSA) is 79.0 Å². The fourth-order valence-electron chi connectivity index (χ4n) is 4.02. The zero-order chi connectivity index (χ0) is 16.9. The van der Waals surface area contributed by atoms with Crippen molar-refractivity contribution in [3.05, 3.63) is 53.3 Å². The summed E-state index contributed by atoms with van der Waals surface area (Å²) < 4.78 is 17.4. The smallest absolute Gasteiger partial charge is 0.283 e. The second-order valence-corrected chi connectivity index (χ2v) is 6.66. The first-order valence-corrected chi connectivity index (χ1v) is 8.60. The SMILES string of the molecule is NC1=NC2(CO1)c1ccccc1Oc1c(C3CCOCC3)ccnc12. The van der Waals surface area contributed by atoms with Crippen LogP contribution in [0.2, 0.25) is 0 Å². The van der Waals surface area contributed by atoms with Crippen molar-refractivity contribution in [1.29, 1.82) is 0 Å². The van der Waals surface area contributed by atoms with E-state index in [0.717, 1.165) is 48.8 Å². The van der Waals surface area contributed by atoms with Gasteiger partial charge in [-0.05, 0) is 30.9 Å². The Hall–Kier alpha value is -2.60. The molecule has 0 saturated carbocycles. The van der Waals surface area contributed by atoms with E-state index in [4.69, 9.17) is 19.9 Å². The van der Waals surface area contributed by atoms with E-state index in [9.17, 15) is 0 Å². The van der Waals surface area contributed by atoms with Gasteiger partial charge in [-0.3, -0.25) is 4.98 Å². The number of nitrogens with zero attached hydrogens (tertiary/aromatic N) is 2. The van der Waals surface area contributed by atoms with Crippen molar-refractivity contribution in [2.45, 2.75) is 24.3 Å². The van der Waals surface area contributed by atoms with Crippen molar-refractivity contribution < 1.29 is 14.2 Å². The van der Waals surface area contributed by atoms with Gasteiger partial charge in [-0.1, -0.05) is 18.2 Å². The third kappa shape index (κ3) is 2.14. The van der Waals surface area contributed by atoms with Gasteiger partial charge in [0.05, 0.1) is 0 Å². The van der Waals surface area contributed by atoms with Crippen LogP contribution in [0.25, 0.3) is 0 Å². The van der Waals surface area contributed by atoms with Crippen molar-refractivity contribution in [2.24, 2.45) is 10.7 Å². The highest BCUT2D eigenvalue weighted by atomic mass is 16.5. The summed E-state index contributed by atoms with van der Waals surface area (Å²) in [5.41, 5.74) is 8.05. The predicted octanol–water partition coefficient (Wildman–Crippen LogP) is 2.67. The van der Waals surface area contributed by atoms with Crippen LogP contribution in [0.5, 0.6) is 11.5 Å². The molecule has 6 heteroatoms. The average Bonchev–Trinajstić information content (AvgIpc) is 3.05. The second kappa shape index (κ2) is 5.46. The lowest BCUT2D eigenvalue weighted by Crippen LogP contribution is -2.33. The Balaban J connectivity index is 1.72. The maximum absolute atomic E-state index is 6.31. The van der Waals surface area contributed by atoms with Crippen molar-refractivity contribution in [1.82, 2.24) is 4.98 Å². The summed E-state index contributed by atoms with van der Waals surface area (Å²) in [6.07, 6.45) is 3.80. The lowest BCUT2D eigenvalue weighted by atomic mass is 9.81. The number of fused-ring (bicyclic) bond motifs is 4. The molecule has 1 saturated heterocycles. The van der Waals surface area contributed by atoms with Gasteiger partial charge in [-0.15, -0.1) is 0 Å². The molecule has 5 rings (SSSR count). The van der Waals surface area contributed by atoms with Crippen LogP contribution in [0.1, 0.15) is 35.6 Å². The number of hydrogen-bond acceptors (Lipinski definition) is 6. The van der Waals surface area contributed by atoms with Crippen LogP contribution in [0.15, 0.2) is 41.5 Å². The molecule has 0 bridgehead atoms. The standard InChI is InChI=1S/C19H19N3O3/c20-18-22-19(11-24-18)14-3-1-2-4-15(14)25-16-13(5-8-21-17(16)19)12-6-9-23-10-7-12/h1-5,8,12H,6-7,9-11H2,(H2,20,22). The maximum atomic E-state index is 6.31. The number of amidine groups is 1. The molecule has 0 amide bonds. The molecule has 1 fully saturated rings. The summed E-state index contributed by atoms with van der Waals surface area (Å²) in [5.74, 6) is 1.99. The minimum absolute atomic E-state index is 0.195. The van der Waals surface area contributed by atoms with Gasteiger partial charge in [0.1, 0.15) is 18.1 Å². The molecule has 0 radical (unpaired) electrons. The largest absolute Gasteiger partial charge is 0.462 e. The van der Waals surface area contributed by atoms with E-state index in [2.05, 4.69) is 16.0 Å². The zero-order valence-electron chi connectivity index (χ0n) is 13.8. The molecule has 1 aromatic heterocycles. The molecule has 25 heavy (non-hydrogen) atoms. The first kappa shape index (κ1) is 14.7. The minimum atomic E-state index is -0.727. The summed E-state index contributed by atoms with van der Waals surface area (Å²) in [4.78, 5) is 9.30. The van der Waals surface area contributed by atoms with E-state index in [0.29, 0.717) is 12.5 Å². The highest BCUT2D eigenvalue weighted by Gasteiger charge is 2.49. The van der Waals surface area contributed by atoms with E-state index in [-0.39, 0.29) is 6.02 Å². The number of aromatic nitrogens is 1. The molecule has 2 aromatic rings. The number of nitrogens with two attached hydrogens (primary N) is 1. The van der Waals surface area contributed by atoms with Gasteiger partial charge in [-0.25, -0.2) is 4.99 Å². The Morgan fingerprint density at radius 3 is 2.76 bits per heavy atom. The number of pyridine rings is 1. The molecule has 1 aromatic carbocycles. The molecule has 1 unspecified atom stereocenters. The van der Waals surface area contributed by atoms with Crippen molar-refractivity contribution in [2.75, 3.05) is 19.8 Å². The normalized spacial score (nSPS) is 24.9. The highest BCUT2D eigenvalue weighted by molar-refractivity contribution is 5.76. The summed E-state index contributed by atoms with van der Waals surface area (Å²) >= 11 is 0. The van der Waals surface area contributed by atoms with Crippen LogP contribution in [0.3, 0.4) is 0 Å². The number of hydrogen-bond donors (Lipinski definition) is 1. The van der Waals surface area contributed by atoms with E-state index in [1.165, 1.54) is 5.56 Å². The molecule has 3 aliphatic heterocycles. The molecular weight excluding hydrogens is 318 g/mol. The average molecular weight is 337 g/mol. The number of para-hydroxylation sites is 1. The summed E-state index contributed by atoms with van der Waals surface area (Å²) in [6.45, 7) is 1.89. The highest BCUT2D eigenvalue weighted by Crippen LogP contribution is 2.52. The van der Waals surface area contributed by atoms with E-state index in [1.54, 1.807) is 0 Å². The monoisotopic (exact) mass is 337 g/mol. The van der Waals surface area contributed by atoms with Gasteiger partial charge >= 0.3 is 0 Å². The number of aliphatic imine (C=N–C) groups is 1. The summed E-state index contributed by atoms with van der Waals surface area (Å²) in [6, 6.07) is 10.2. The molecule has 0 aliphatic carbocycles. The molecule has 1 atom stereocenters. The predicted molar refractivity (Wildman–Crippen MR) is 91.9 cm³/mol. The van der Waals surface area contributed by atoms with E-state index in [1.807, 2.05) is 30.5 Å². The molecule has 128 valence electrons. The van der Waals surface area contributed by atoms with Crippen molar-refractivity contribution in [3.63, 3.8) is 0 Å². The molecule has 4 heterocycles. The summed E-state index contributed by atoms with van der Waals surface area (Å²) in [7, 11) is 0. The second-order valence-electron chi connectivity index (χ2n) is 6.66. The van der Waals surface area contributed by atoms with Gasteiger partial charge in [0.2, 0.25) is 0 Å². The molecule has 2 N–H and O–H groups in total. The quantitative estimate of drug-likeness (QED) is 0.865. The minimum Gasteiger partial charge on any atom is -0.462 e. The molecular formula is C19H19N3O3. The van der Waals surface area contributed by atoms with Gasteiger partial charge in [0, 0.05) is 30.5 Å². The van der Waals surface area contributed by atoms with Crippen LogP contribution in [0.4, 0.5) is 0 Å². The van der Waals surface area contributed by atoms with E-state index >= 15 is 0 Å². The fourth-order valence-corrected chi connectivity index (χ4v) is 4.02. The molecule has 1 spiro atoms. The van der Waals surface area contributed by atoms with E-state index < -0.39 is 5.54 Å². The van der Waals surface area contributed by atoms with Crippen LogP contribution in [-0.4, -0.2) is 30.8 Å². The van der Waals surface area contributed by atoms with Crippen LogP contribution < -0.4 is 10.5 Å². The third-order valence-electron chi connectivity index (χ3n) is 5.26. The lowest BCUT2D eigenvalue weighted by molar-refractivity contribution is 0.0847.